The first-order valence-corrected chi connectivity index (χ1v) is 4.71. The van der Waals surface area contributed by atoms with Crippen molar-refractivity contribution in [2.24, 2.45) is 11.7 Å². The second-order valence-electron chi connectivity index (χ2n) is 4.77. The molecule has 3 heteroatoms. The van der Waals surface area contributed by atoms with Gasteiger partial charge in [-0.2, -0.15) is 0 Å². The zero-order chi connectivity index (χ0) is 10.6. The Morgan fingerprint density at radius 1 is 1.38 bits per heavy atom. The van der Waals surface area contributed by atoms with Crippen LogP contribution in [-0.2, 0) is 9.53 Å². The summed E-state index contributed by atoms with van der Waals surface area (Å²) in [5.74, 6) is 0.115. The summed E-state index contributed by atoms with van der Waals surface area (Å²) in [6.45, 7) is 9.58. The number of esters is 1. The number of carbonyl (C=O) groups excluding carboxylic acids is 1. The number of ether oxygens (including phenoxy) is 1. The molecule has 0 spiro atoms. The minimum absolute atomic E-state index is 0.304. The molecule has 0 bridgehead atoms. The van der Waals surface area contributed by atoms with Crippen LogP contribution in [0.5, 0.6) is 0 Å². The van der Waals surface area contributed by atoms with E-state index in [9.17, 15) is 4.79 Å². The third-order valence-corrected chi connectivity index (χ3v) is 1.43. The molecule has 0 aliphatic heterocycles. The van der Waals surface area contributed by atoms with Gasteiger partial charge in [0.25, 0.3) is 0 Å². The molecule has 0 aliphatic carbocycles. The lowest BCUT2D eigenvalue weighted by molar-refractivity contribution is -0.156. The lowest BCUT2D eigenvalue weighted by Crippen LogP contribution is -2.38. The first-order chi connectivity index (χ1) is 5.72. The van der Waals surface area contributed by atoms with Crippen LogP contribution in [0.4, 0.5) is 0 Å². The highest BCUT2D eigenvalue weighted by atomic mass is 16.6. The molecular formula is C10H21NO2. The van der Waals surface area contributed by atoms with E-state index in [1.807, 2.05) is 34.6 Å². The Balaban J connectivity index is 3.97. The first kappa shape index (κ1) is 12.4. The van der Waals surface area contributed by atoms with Crippen molar-refractivity contribution in [3.63, 3.8) is 0 Å². The first-order valence-electron chi connectivity index (χ1n) is 4.71. The maximum absolute atomic E-state index is 11.3. The van der Waals surface area contributed by atoms with Crippen molar-refractivity contribution in [3.8, 4) is 0 Å². The lowest BCUT2D eigenvalue weighted by Gasteiger charge is -2.22. The van der Waals surface area contributed by atoms with E-state index in [1.165, 1.54) is 0 Å². The van der Waals surface area contributed by atoms with Crippen LogP contribution in [-0.4, -0.2) is 17.6 Å². The Kier molecular flexibility index (Phi) is 4.40. The highest BCUT2D eigenvalue weighted by Crippen LogP contribution is 2.11. The Morgan fingerprint density at radius 3 is 2.15 bits per heavy atom. The molecular weight excluding hydrogens is 166 g/mol. The minimum atomic E-state index is -0.487. The zero-order valence-corrected chi connectivity index (χ0v) is 9.26. The molecule has 0 aromatic rings. The van der Waals surface area contributed by atoms with Gasteiger partial charge in [-0.25, -0.2) is 0 Å². The van der Waals surface area contributed by atoms with Gasteiger partial charge in [-0.05, 0) is 33.1 Å². The fourth-order valence-electron chi connectivity index (χ4n) is 0.982. The quantitative estimate of drug-likeness (QED) is 0.684. The molecule has 0 fully saturated rings. The lowest BCUT2D eigenvalue weighted by atomic mass is 10.0. The summed E-state index contributed by atoms with van der Waals surface area (Å²) in [4.78, 5) is 11.3. The largest absolute Gasteiger partial charge is 0.459 e. The number of hydrogen-bond donors (Lipinski definition) is 1. The van der Waals surface area contributed by atoms with E-state index in [-0.39, 0.29) is 5.97 Å². The Labute approximate surface area is 80.6 Å². The Morgan fingerprint density at radius 2 is 1.85 bits per heavy atom. The van der Waals surface area contributed by atoms with E-state index in [0.717, 1.165) is 0 Å². The summed E-state index contributed by atoms with van der Waals surface area (Å²) >= 11 is 0. The molecule has 0 heterocycles. The van der Waals surface area contributed by atoms with Gasteiger partial charge in [0.05, 0.1) is 0 Å². The SMILES string of the molecule is CC(C)C[C@@H](N)C(=O)OC(C)(C)C. The van der Waals surface area contributed by atoms with Gasteiger partial charge >= 0.3 is 5.97 Å². The summed E-state index contributed by atoms with van der Waals surface area (Å²) in [7, 11) is 0. The molecule has 0 radical (unpaired) electrons. The Hall–Kier alpha value is -0.570. The van der Waals surface area contributed by atoms with Gasteiger partial charge in [0.15, 0.2) is 0 Å². The van der Waals surface area contributed by atoms with Crippen LogP contribution in [0.2, 0.25) is 0 Å². The van der Waals surface area contributed by atoms with Crippen LogP contribution in [0.3, 0.4) is 0 Å². The molecule has 78 valence electrons. The van der Waals surface area contributed by atoms with Crippen molar-refractivity contribution in [1.82, 2.24) is 0 Å². The average Bonchev–Trinajstić information content (AvgIpc) is 1.81. The summed E-state index contributed by atoms with van der Waals surface area (Å²) in [6.07, 6.45) is 0.676. The van der Waals surface area contributed by atoms with E-state index in [4.69, 9.17) is 10.5 Å². The van der Waals surface area contributed by atoms with E-state index >= 15 is 0 Å². The van der Waals surface area contributed by atoms with Gasteiger partial charge in [0.2, 0.25) is 0 Å². The summed E-state index contributed by atoms with van der Waals surface area (Å²) in [5, 5.41) is 0. The molecule has 0 saturated carbocycles. The number of rotatable bonds is 3. The predicted octanol–water partition coefficient (Wildman–Crippen LogP) is 1.70. The van der Waals surface area contributed by atoms with Gasteiger partial charge in [-0.1, -0.05) is 13.8 Å². The summed E-state index contributed by atoms with van der Waals surface area (Å²) < 4.78 is 5.14. The van der Waals surface area contributed by atoms with Crippen LogP contribution < -0.4 is 5.73 Å². The van der Waals surface area contributed by atoms with E-state index in [1.54, 1.807) is 0 Å². The monoisotopic (exact) mass is 187 g/mol. The molecule has 1 atom stereocenters. The predicted molar refractivity (Wildman–Crippen MR) is 53.3 cm³/mol. The molecule has 0 aliphatic rings. The molecule has 2 N–H and O–H groups in total. The normalized spacial score (nSPS) is 14.4. The van der Waals surface area contributed by atoms with Crippen molar-refractivity contribution in [2.75, 3.05) is 0 Å². The third-order valence-electron chi connectivity index (χ3n) is 1.43. The third kappa shape index (κ3) is 6.58. The molecule has 0 saturated heterocycles. The van der Waals surface area contributed by atoms with Gasteiger partial charge < -0.3 is 10.5 Å². The number of carbonyl (C=O) groups is 1. The standard InChI is InChI=1S/C10H21NO2/c1-7(2)6-8(11)9(12)13-10(3,4)5/h7-8H,6,11H2,1-5H3/t8-/m1/s1. The minimum Gasteiger partial charge on any atom is -0.459 e. The van der Waals surface area contributed by atoms with Crippen molar-refractivity contribution in [2.45, 2.75) is 52.7 Å². The molecule has 0 rings (SSSR count). The van der Waals surface area contributed by atoms with Gasteiger partial charge in [0.1, 0.15) is 11.6 Å². The molecule has 0 aromatic carbocycles. The number of nitrogens with two attached hydrogens (primary N) is 1. The fraction of sp³-hybridized carbons (Fsp3) is 0.900. The molecule has 13 heavy (non-hydrogen) atoms. The average molecular weight is 187 g/mol. The Bertz CT molecular complexity index is 170. The zero-order valence-electron chi connectivity index (χ0n) is 9.26. The molecule has 0 amide bonds. The van der Waals surface area contributed by atoms with Crippen molar-refractivity contribution >= 4 is 5.97 Å². The van der Waals surface area contributed by atoms with Gasteiger partial charge in [-0.15, -0.1) is 0 Å². The van der Waals surface area contributed by atoms with Gasteiger partial charge in [0, 0.05) is 0 Å². The molecule has 3 nitrogen and oxygen atoms in total. The maximum Gasteiger partial charge on any atom is 0.323 e. The van der Waals surface area contributed by atoms with E-state index in [2.05, 4.69) is 0 Å². The maximum atomic E-state index is 11.3. The molecule has 0 aromatic heterocycles. The summed E-state index contributed by atoms with van der Waals surface area (Å²) in [6, 6.07) is -0.487. The second-order valence-corrected chi connectivity index (χ2v) is 4.77. The van der Waals surface area contributed by atoms with Crippen LogP contribution >= 0.6 is 0 Å². The van der Waals surface area contributed by atoms with Crippen molar-refractivity contribution in [1.29, 1.82) is 0 Å². The second kappa shape index (κ2) is 4.61. The van der Waals surface area contributed by atoms with Crippen LogP contribution in [0.25, 0.3) is 0 Å². The van der Waals surface area contributed by atoms with E-state index < -0.39 is 11.6 Å². The van der Waals surface area contributed by atoms with Crippen molar-refractivity contribution in [3.05, 3.63) is 0 Å². The van der Waals surface area contributed by atoms with Crippen LogP contribution in [0.15, 0.2) is 0 Å². The van der Waals surface area contributed by atoms with E-state index in [0.29, 0.717) is 12.3 Å². The summed E-state index contributed by atoms with van der Waals surface area (Å²) in [5.41, 5.74) is 5.21. The van der Waals surface area contributed by atoms with Crippen LogP contribution in [0, 0.1) is 5.92 Å². The smallest absolute Gasteiger partial charge is 0.323 e. The highest BCUT2D eigenvalue weighted by Gasteiger charge is 2.22. The topological polar surface area (TPSA) is 52.3 Å². The van der Waals surface area contributed by atoms with Gasteiger partial charge in [-0.3, -0.25) is 4.79 Å². The fourth-order valence-corrected chi connectivity index (χ4v) is 0.982. The van der Waals surface area contributed by atoms with Crippen LogP contribution in [0.1, 0.15) is 41.0 Å². The highest BCUT2D eigenvalue weighted by molar-refractivity contribution is 5.75. The molecule has 0 unspecified atom stereocenters. The number of hydrogen-bond acceptors (Lipinski definition) is 3. The van der Waals surface area contributed by atoms with Crippen molar-refractivity contribution < 1.29 is 9.53 Å².